The van der Waals surface area contributed by atoms with Gasteiger partial charge in [0, 0.05) is 22.3 Å². The van der Waals surface area contributed by atoms with Crippen molar-refractivity contribution in [2.75, 3.05) is 0 Å². The third-order valence-electron chi connectivity index (χ3n) is 2.59. The fourth-order valence-electron chi connectivity index (χ4n) is 1.82. The lowest BCUT2D eigenvalue weighted by molar-refractivity contribution is 0.708. The molecule has 0 aliphatic heterocycles. The van der Waals surface area contributed by atoms with E-state index < -0.39 is 0 Å². The van der Waals surface area contributed by atoms with E-state index in [1.165, 1.54) is 5.56 Å². The van der Waals surface area contributed by atoms with Gasteiger partial charge in [-0.3, -0.25) is 0 Å². The van der Waals surface area contributed by atoms with Crippen LogP contribution in [0, 0.1) is 13.8 Å². The van der Waals surface area contributed by atoms with Crippen LogP contribution in [-0.2, 0) is 6.42 Å². The van der Waals surface area contributed by atoms with Crippen molar-refractivity contribution in [1.29, 1.82) is 0 Å². The standard InChI is InChI=1S/C13H15BrN2S/c1-8-3-10(5-11(14)4-8)13(15)6-12-7-17-9(2)16-12/h3-5,7,13H,6,15H2,1-2H3. The number of aryl methyl sites for hydroxylation is 2. The molecule has 0 saturated carbocycles. The number of hydrogen-bond donors (Lipinski definition) is 1. The molecule has 90 valence electrons. The van der Waals surface area contributed by atoms with Crippen LogP contribution < -0.4 is 5.73 Å². The fourth-order valence-corrected chi connectivity index (χ4v) is 3.07. The summed E-state index contributed by atoms with van der Waals surface area (Å²) in [6.45, 7) is 4.09. The second-order valence-electron chi connectivity index (χ2n) is 4.23. The summed E-state index contributed by atoms with van der Waals surface area (Å²) >= 11 is 5.17. The number of halogens is 1. The van der Waals surface area contributed by atoms with Crippen molar-refractivity contribution in [3.63, 3.8) is 0 Å². The molecule has 0 saturated heterocycles. The minimum atomic E-state index is 0.00713. The lowest BCUT2D eigenvalue weighted by atomic mass is 10.0. The van der Waals surface area contributed by atoms with Gasteiger partial charge >= 0.3 is 0 Å². The highest BCUT2D eigenvalue weighted by Gasteiger charge is 2.10. The van der Waals surface area contributed by atoms with Gasteiger partial charge in [0.25, 0.3) is 0 Å². The van der Waals surface area contributed by atoms with Gasteiger partial charge in [0.1, 0.15) is 0 Å². The topological polar surface area (TPSA) is 38.9 Å². The Balaban J connectivity index is 2.16. The molecule has 1 aromatic carbocycles. The summed E-state index contributed by atoms with van der Waals surface area (Å²) in [5, 5.41) is 3.18. The molecule has 0 spiro atoms. The molecule has 2 rings (SSSR count). The molecule has 2 nitrogen and oxygen atoms in total. The first kappa shape index (κ1) is 12.7. The van der Waals surface area contributed by atoms with E-state index in [2.05, 4.69) is 51.4 Å². The molecular formula is C13H15BrN2S. The van der Waals surface area contributed by atoms with E-state index in [1.807, 2.05) is 6.92 Å². The Labute approximate surface area is 114 Å². The minimum Gasteiger partial charge on any atom is -0.324 e. The average Bonchev–Trinajstić information content (AvgIpc) is 2.62. The number of thiazole rings is 1. The first-order valence-corrected chi connectivity index (χ1v) is 7.15. The van der Waals surface area contributed by atoms with Gasteiger partial charge in [-0.25, -0.2) is 4.98 Å². The van der Waals surface area contributed by atoms with Crippen LogP contribution in [0.4, 0.5) is 0 Å². The Morgan fingerprint density at radius 3 is 2.71 bits per heavy atom. The maximum Gasteiger partial charge on any atom is 0.0897 e. The zero-order valence-corrected chi connectivity index (χ0v) is 12.3. The summed E-state index contributed by atoms with van der Waals surface area (Å²) in [5.74, 6) is 0. The second kappa shape index (κ2) is 5.29. The lowest BCUT2D eigenvalue weighted by Crippen LogP contribution is -2.13. The van der Waals surface area contributed by atoms with Gasteiger partial charge < -0.3 is 5.73 Å². The van der Waals surface area contributed by atoms with E-state index in [1.54, 1.807) is 11.3 Å². The third kappa shape index (κ3) is 3.37. The van der Waals surface area contributed by atoms with E-state index in [0.29, 0.717) is 0 Å². The van der Waals surface area contributed by atoms with E-state index in [4.69, 9.17) is 5.73 Å². The van der Waals surface area contributed by atoms with Crippen LogP contribution in [-0.4, -0.2) is 4.98 Å². The third-order valence-corrected chi connectivity index (χ3v) is 3.87. The molecule has 2 N–H and O–H groups in total. The largest absolute Gasteiger partial charge is 0.324 e. The second-order valence-corrected chi connectivity index (χ2v) is 6.21. The number of rotatable bonds is 3. The van der Waals surface area contributed by atoms with Crippen molar-refractivity contribution in [2.45, 2.75) is 26.3 Å². The molecule has 1 unspecified atom stereocenters. The molecule has 0 fully saturated rings. The summed E-state index contributed by atoms with van der Waals surface area (Å²) < 4.78 is 1.08. The number of benzene rings is 1. The van der Waals surface area contributed by atoms with Crippen LogP contribution in [0.3, 0.4) is 0 Å². The van der Waals surface area contributed by atoms with E-state index >= 15 is 0 Å². The monoisotopic (exact) mass is 310 g/mol. The molecule has 2 aromatic rings. The predicted octanol–water partition coefficient (Wildman–Crippen LogP) is 3.76. The van der Waals surface area contributed by atoms with Gasteiger partial charge in [0.05, 0.1) is 10.7 Å². The summed E-state index contributed by atoms with van der Waals surface area (Å²) in [5.41, 5.74) is 9.68. The summed E-state index contributed by atoms with van der Waals surface area (Å²) in [6, 6.07) is 6.31. The molecule has 0 aliphatic carbocycles. The Morgan fingerprint density at radius 1 is 1.35 bits per heavy atom. The highest BCUT2D eigenvalue weighted by Crippen LogP contribution is 2.22. The lowest BCUT2D eigenvalue weighted by Gasteiger charge is -2.12. The Morgan fingerprint density at radius 2 is 2.12 bits per heavy atom. The maximum atomic E-state index is 6.22. The van der Waals surface area contributed by atoms with Gasteiger partial charge in [-0.05, 0) is 37.1 Å². The highest BCUT2D eigenvalue weighted by atomic mass is 79.9. The first-order valence-electron chi connectivity index (χ1n) is 5.48. The number of hydrogen-bond acceptors (Lipinski definition) is 3. The van der Waals surface area contributed by atoms with Crippen LogP contribution in [0.15, 0.2) is 28.1 Å². The van der Waals surface area contributed by atoms with Crippen molar-refractivity contribution in [2.24, 2.45) is 5.73 Å². The minimum absolute atomic E-state index is 0.00713. The van der Waals surface area contributed by atoms with Crippen LogP contribution in [0.1, 0.15) is 27.9 Å². The van der Waals surface area contributed by atoms with Gasteiger partial charge in [0.15, 0.2) is 0 Å². The molecule has 0 bridgehead atoms. The number of nitrogens with two attached hydrogens (primary N) is 1. The molecule has 17 heavy (non-hydrogen) atoms. The summed E-state index contributed by atoms with van der Waals surface area (Å²) in [7, 11) is 0. The molecule has 1 heterocycles. The molecule has 0 aliphatic rings. The predicted molar refractivity (Wildman–Crippen MR) is 76.4 cm³/mol. The quantitative estimate of drug-likeness (QED) is 0.937. The zero-order chi connectivity index (χ0) is 12.4. The van der Waals surface area contributed by atoms with Crippen LogP contribution in [0.2, 0.25) is 0 Å². The van der Waals surface area contributed by atoms with Gasteiger partial charge in [0.2, 0.25) is 0 Å². The molecule has 1 aromatic heterocycles. The molecule has 4 heteroatoms. The fraction of sp³-hybridized carbons (Fsp3) is 0.308. The van der Waals surface area contributed by atoms with Crippen molar-refractivity contribution >= 4 is 27.3 Å². The van der Waals surface area contributed by atoms with Crippen molar-refractivity contribution in [3.05, 3.63) is 49.9 Å². The molecule has 1 atom stereocenters. The zero-order valence-electron chi connectivity index (χ0n) is 9.90. The smallest absolute Gasteiger partial charge is 0.0897 e. The van der Waals surface area contributed by atoms with E-state index in [0.717, 1.165) is 27.2 Å². The Hall–Kier alpha value is -0.710. The molecule has 0 amide bonds. The number of nitrogens with zero attached hydrogens (tertiary/aromatic N) is 1. The van der Waals surface area contributed by atoms with Crippen LogP contribution >= 0.6 is 27.3 Å². The van der Waals surface area contributed by atoms with Gasteiger partial charge in [-0.1, -0.05) is 22.0 Å². The molecule has 0 radical (unpaired) electrons. The maximum absolute atomic E-state index is 6.22. The SMILES string of the molecule is Cc1cc(Br)cc(C(N)Cc2csc(C)n2)c1. The van der Waals surface area contributed by atoms with Crippen molar-refractivity contribution in [3.8, 4) is 0 Å². The van der Waals surface area contributed by atoms with Gasteiger partial charge in [-0.15, -0.1) is 11.3 Å². The average molecular weight is 311 g/mol. The Kier molecular flexibility index (Phi) is 3.97. The van der Waals surface area contributed by atoms with Crippen LogP contribution in [0.25, 0.3) is 0 Å². The van der Waals surface area contributed by atoms with Crippen molar-refractivity contribution < 1.29 is 0 Å². The van der Waals surface area contributed by atoms with E-state index in [-0.39, 0.29) is 6.04 Å². The number of aromatic nitrogens is 1. The van der Waals surface area contributed by atoms with E-state index in [9.17, 15) is 0 Å². The summed E-state index contributed by atoms with van der Waals surface area (Å²) in [4.78, 5) is 4.45. The Bertz CT molecular complexity index is 502. The summed E-state index contributed by atoms with van der Waals surface area (Å²) in [6.07, 6.45) is 0.792. The highest BCUT2D eigenvalue weighted by molar-refractivity contribution is 9.10. The van der Waals surface area contributed by atoms with Crippen molar-refractivity contribution in [1.82, 2.24) is 4.98 Å². The molecular weight excluding hydrogens is 296 g/mol. The van der Waals surface area contributed by atoms with Crippen LogP contribution in [0.5, 0.6) is 0 Å². The normalized spacial score (nSPS) is 12.7. The van der Waals surface area contributed by atoms with Gasteiger partial charge in [-0.2, -0.15) is 0 Å². The first-order chi connectivity index (χ1) is 8.04.